The summed E-state index contributed by atoms with van der Waals surface area (Å²) in [7, 11) is 0. The highest BCUT2D eigenvalue weighted by Gasteiger charge is 2.67. The molecule has 0 unspecified atom stereocenters. The molecule has 3 fully saturated rings. The highest BCUT2D eigenvalue weighted by atomic mass is 127. The summed E-state index contributed by atoms with van der Waals surface area (Å²) in [5.74, 6) is 0.431. The second-order valence-corrected chi connectivity index (χ2v) is 8.72. The van der Waals surface area contributed by atoms with Crippen LogP contribution in [0.15, 0.2) is 36.4 Å². The van der Waals surface area contributed by atoms with Crippen molar-refractivity contribution in [2.75, 3.05) is 11.9 Å². The van der Waals surface area contributed by atoms with Gasteiger partial charge in [0.15, 0.2) is 0 Å². The van der Waals surface area contributed by atoms with Gasteiger partial charge in [-0.15, -0.1) is 0 Å². The monoisotopic (exact) mass is 448 g/mol. The summed E-state index contributed by atoms with van der Waals surface area (Å²) in [6.07, 6.45) is 5.42. The lowest BCUT2D eigenvalue weighted by Crippen LogP contribution is -2.40. The fraction of sp³-hybridized carbons (Fsp3) is 0.421. The number of hydrogen-bond acceptors (Lipinski definition) is 3. The van der Waals surface area contributed by atoms with Gasteiger partial charge in [0.25, 0.3) is 0 Å². The molecule has 0 radical (unpaired) electrons. The van der Waals surface area contributed by atoms with Gasteiger partial charge >= 0.3 is 0 Å². The molecule has 0 spiro atoms. The van der Waals surface area contributed by atoms with E-state index in [1.807, 2.05) is 24.3 Å². The Labute approximate surface area is 159 Å². The Morgan fingerprint density at radius 3 is 2.16 bits per heavy atom. The number of carbonyl (C=O) groups is 3. The molecule has 1 aromatic rings. The minimum atomic E-state index is -0.327. The van der Waals surface area contributed by atoms with Crippen molar-refractivity contribution in [1.29, 1.82) is 0 Å². The van der Waals surface area contributed by atoms with Crippen LogP contribution < -0.4 is 5.32 Å². The van der Waals surface area contributed by atoms with Gasteiger partial charge < -0.3 is 5.32 Å². The first-order valence-corrected chi connectivity index (χ1v) is 9.71. The standard InChI is InChI=1S/C19H17IN2O3/c20-9-1-3-10(4-2-9)21-15(23)8-22-18(24)16-11-5-6-12(14-7-13(11)14)17(16)19(22)25/h1-6,11-14,16-17H,7-8H2,(H,21,23)/t11-,12+,13-,14+,16+,17-. The van der Waals surface area contributed by atoms with E-state index >= 15 is 0 Å². The van der Waals surface area contributed by atoms with E-state index in [0.29, 0.717) is 17.5 Å². The maximum atomic E-state index is 12.8. The van der Waals surface area contributed by atoms with Crippen LogP contribution >= 0.6 is 22.6 Å². The fourth-order valence-corrected chi connectivity index (χ4v) is 5.41. The molecule has 2 saturated carbocycles. The molecule has 5 nitrogen and oxygen atoms in total. The van der Waals surface area contributed by atoms with Gasteiger partial charge in [0, 0.05) is 9.26 Å². The van der Waals surface area contributed by atoms with E-state index in [-0.39, 0.29) is 47.9 Å². The lowest BCUT2D eigenvalue weighted by molar-refractivity contribution is -0.142. The molecular weight excluding hydrogens is 431 g/mol. The number of likely N-dealkylation sites (tertiary alicyclic amines) is 1. The van der Waals surface area contributed by atoms with Crippen LogP contribution in [0.1, 0.15) is 6.42 Å². The zero-order valence-corrected chi connectivity index (χ0v) is 15.5. The van der Waals surface area contributed by atoms with E-state index in [2.05, 4.69) is 40.1 Å². The summed E-state index contributed by atoms with van der Waals surface area (Å²) in [4.78, 5) is 39.2. The molecule has 6 heteroatoms. The molecular formula is C19H17IN2O3. The van der Waals surface area contributed by atoms with Crippen LogP contribution in [0.25, 0.3) is 0 Å². The molecule has 128 valence electrons. The minimum Gasteiger partial charge on any atom is -0.325 e. The number of allylic oxidation sites excluding steroid dienone is 2. The van der Waals surface area contributed by atoms with Gasteiger partial charge in [-0.1, -0.05) is 12.2 Å². The first-order valence-electron chi connectivity index (χ1n) is 8.63. The van der Waals surface area contributed by atoms with E-state index in [9.17, 15) is 14.4 Å². The summed E-state index contributed by atoms with van der Waals surface area (Å²) in [6.45, 7) is -0.189. The first-order chi connectivity index (χ1) is 12.0. The van der Waals surface area contributed by atoms with Crippen molar-refractivity contribution in [2.24, 2.45) is 35.5 Å². The summed E-state index contributed by atoms with van der Waals surface area (Å²) < 4.78 is 1.08. The lowest BCUT2D eigenvalue weighted by atomic mass is 9.63. The average Bonchev–Trinajstić information content (AvgIpc) is 3.38. The molecule has 1 heterocycles. The Morgan fingerprint density at radius 1 is 1.04 bits per heavy atom. The second kappa shape index (κ2) is 5.40. The summed E-state index contributed by atoms with van der Waals surface area (Å²) in [6, 6.07) is 7.41. The molecule has 1 aliphatic heterocycles. The summed E-state index contributed by atoms with van der Waals surface area (Å²) >= 11 is 2.19. The SMILES string of the molecule is O=C(CN1C(=O)[C@@H]2[C@H]3C=C[C@H]([C@H]4C[C@@H]34)[C@@H]2C1=O)Nc1ccc(I)cc1. The van der Waals surface area contributed by atoms with Gasteiger partial charge in [-0.3, -0.25) is 19.3 Å². The van der Waals surface area contributed by atoms with E-state index in [1.165, 1.54) is 4.90 Å². The Bertz CT molecular complexity index is 782. The predicted octanol–water partition coefficient (Wildman–Crippen LogP) is 2.28. The predicted molar refractivity (Wildman–Crippen MR) is 99.2 cm³/mol. The maximum absolute atomic E-state index is 12.8. The molecule has 1 saturated heterocycles. The number of imide groups is 1. The van der Waals surface area contributed by atoms with Crippen LogP contribution in [0, 0.1) is 39.1 Å². The number of halogens is 1. The minimum absolute atomic E-state index is 0.155. The van der Waals surface area contributed by atoms with E-state index in [0.717, 1.165) is 9.99 Å². The largest absolute Gasteiger partial charge is 0.325 e. The van der Waals surface area contributed by atoms with Crippen molar-refractivity contribution in [2.45, 2.75) is 6.42 Å². The van der Waals surface area contributed by atoms with Crippen LogP contribution in [-0.2, 0) is 14.4 Å². The zero-order chi connectivity index (χ0) is 17.3. The molecule has 1 aromatic carbocycles. The van der Waals surface area contributed by atoms with Gasteiger partial charge in [0.2, 0.25) is 17.7 Å². The molecule has 2 bridgehead atoms. The Balaban J connectivity index is 1.32. The van der Waals surface area contributed by atoms with Crippen molar-refractivity contribution in [3.05, 3.63) is 40.0 Å². The molecule has 6 rings (SSSR count). The Morgan fingerprint density at radius 2 is 1.60 bits per heavy atom. The van der Waals surface area contributed by atoms with Crippen molar-refractivity contribution in [3.8, 4) is 0 Å². The van der Waals surface area contributed by atoms with Crippen LogP contribution in [0.3, 0.4) is 0 Å². The number of anilines is 1. The zero-order valence-electron chi connectivity index (χ0n) is 13.4. The number of nitrogens with zero attached hydrogens (tertiary/aromatic N) is 1. The van der Waals surface area contributed by atoms with Gasteiger partial charge in [-0.2, -0.15) is 0 Å². The van der Waals surface area contributed by atoms with Crippen molar-refractivity contribution < 1.29 is 14.4 Å². The molecule has 6 atom stereocenters. The molecule has 1 N–H and O–H groups in total. The van der Waals surface area contributed by atoms with Gasteiger partial charge in [-0.25, -0.2) is 0 Å². The topological polar surface area (TPSA) is 66.5 Å². The molecule has 25 heavy (non-hydrogen) atoms. The first kappa shape index (κ1) is 15.5. The highest BCUT2D eigenvalue weighted by molar-refractivity contribution is 14.1. The third kappa shape index (κ3) is 2.29. The third-order valence-electron chi connectivity index (χ3n) is 6.18. The number of benzene rings is 1. The molecule has 5 aliphatic rings. The molecule has 0 aromatic heterocycles. The second-order valence-electron chi connectivity index (χ2n) is 7.47. The van der Waals surface area contributed by atoms with Gasteiger partial charge in [-0.05, 0) is 76.9 Å². The van der Waals surface area contributed by atoms with E-state index in [4.69, 9.17) is 0 Å². The van der Waals surface area contributed by atoms with Gasteiger partial charge in [0.05, 0.1) is 11.8 Å². The van der Waals surface area contributed by atoms with Gasteiger partial charge in [0.1, 0.15) is 6.54 Å². The maximum Gasteiger partial charge on any atom is 0.244 e. The summed E-state index contributed by atoms with van der Waals surface area (Å²) in [5, 5.41) is 2.77. The van der Waals surface area contributed by atoms with Crippen LogP contribution in [-0.4, -0.2) is 29.2 Å². The van der Waals surface area contributed by atoms with Crippen LogP contribution in [0.5, 0.6) is 0 Å². The van der Waals surface area contributed by atoms with E-state index in [1.54, 1.807) is 0 Å². The number of carbonyl (C=O) groups excluding carboxylic acids is 3. The normalized spacial score (nSPS) is 37.1. The Kier molecular flexibility index (Phi) is 3.36. The van der Waals surface area contributed by atoms with Crippen LogP contribution in [0.4, 0.5) is 5.69 Å². The third-order valence-corrected chi connectivity index (χ3v) is 6.90. The molecule has 3 amide bonds. The number of nitrogens with one attached hydrogen (secondary N) is 1. The smallest absolute Gasteiger partial charge is 0.244 e. The number of hydrogen-bond donors (Lipinski definition) is 1. The quantitative estimate of drug-likeness (QED) is 0.439. The Hall–Kier alpha value is -1.70. The average molecular weight is 448 g/mol. The number of rotatable bonds is 3. The summed E-state index contributed by atoms with van der Waals surface area (Å²) in [5.41, 5.74) is 0.671. The van der Waals surface area contributed by atoms with Crippen LogP contribution in [0.2, 0.25) is 0 Å². The fourth-order valence-electron chi connectivity index (χ4n) is 5.05. The highest BCUT2D eigenvalue weighted by Crippen LogP contribution is 2.65. The van der Waals surface area contributed by atoms with Crippen molar-refractivity contribution in [1.82, 2.24) is 4.90 Å². The molecule has 4 aliphatic carbocycles. The lowest BCUT2D eigenvalue weighted by Gasteiger charge is -2.37. The van der Waals surface area contributed by atoms with Crippen molar-refractivity contribution >= 4 is 46.0 Å². The number of amides is 3. The van der Waals surface area contributed by atoms with E-state index < -0.39 is 0 Å². The van der Waals surface area contributed by atoms with Crippen molar-refractivity contribution in [3.63, 3.8) is 0 Å².